The predicted octanol–water partition coefficient (Wildman–Crippen LogP) is 2.95. The molecule has 1 amide bonds. The molecule has 1 aliphatic rings. The van der Waals surface area contributed by atoms with Crippen LogP contribution in [-0.4, -0.2) is 45.0 Å². The SMILES string of the molecule is CC[C@@H](c1ccccc1)N1CC[C@H](N(Cc2noc(C)n2)C(C)=O)C1. The Balaban J connectivity index is 1.70. The first-order valence-electron chi connectivity index (χ1n) is 8.94. The van der Waals surface area contributed by atoms with Crippen LogP contribution in [0.3, 0.4) is 0 Å². The Labute approximate surface area is 148 Å². The van der Waals surface area contributed by atoms with Gasteiger partial charge in [-0.05, 0) is 18.4 Å². The summed E-state index contributed by atoms with van der Waals surface area (Å²) in [6, 6.07) is 11.2. The quantitative estimate of drug-likeness (QED) is 0.808. The molecule has 2 heterocycles. The van der Waals surface area contributed by atoms with E-state index >= 15 is 0 Å². The van der Waals surface area contributed by atoms with Gasteiger partial charge in [-0.3, -0.25) is 9.69 Å². The van der Waals surface area contributed by atoms with Crippen molar-refractivity contribution in [2.24, 2.45) is 0 Å². The van der Waals surface area contributed by atoms with Crippen molar-refractivity contribution in [1.29, 1.82) is 0 Å². The van der Waals surface area contributed by atoms with Crippen LogP contribution in [-0.2, 0) is 11.3 Å². The maximum atomic E-state index is 12.2. The average Bonchev–Trinajstić information content (AvgIpc) is 3.23. The average molecular weight is 342 g/mol. The third-order valence-corrected chi connectivity index (χ3v) is 4.93. The van der Waals surface area contributed by atoms with Gasteiger partial charge in [-0.2, -0.15) is 4.98 Å². The normalized spacial score (nSPS) is 19.1. The van der Waals surface area contributed by atoms with E-state index < -0.39 is 0 Å². The van der Waals surface area contributed by atoms with Crippen LogP contribution in [0, 0.1) is 6.92 Å². The van der Waals surface area contributed by atoms with Gasteiger partial charge in [-0.25, -0.2) is 0 Å². The second kappa shape index (κ2) is 7.78. The zero-order valence-corrected chi connectivity index (χ0v) is 15.2. The van der Waals surface area contributed by atoms with Crippen molar-refractivity contribution < 1.29 is 9.32 Å². The van der Waals surface area contributed by atoms with Crippen LogP contribution in [0.4, 0.5) is 0 Å². The smallest absolute Gasteiger partial charge is 0.223 e. The van der Waals surface area contributed by atoms with Gasteiger partial charge in [0.15, 0.2) is 5.82 Å². The van der Waals surface area contributed by atoms with Crippen molar-refractivity contribution in [2.45, 2.75) is 52.2 Å². The minimum Gasteiger partial charge on any atom is -0.340 e. The second-order valence-electron chi connectivity index (χ2n) is 6.65. The Morgan fingerprint density at radius 1 is 1.40 bits per heavy atom. The fraction of sp³-hybridized carbons (Fsp3) is 0.526. The topological polar surface area (TPSA) is 62.5 Å². The van der Waals surface area contributed by atoms with Gasteiger partial charge >= 0.3 is 0 Å². The molecule has 1 aliphatic heterocycles. The number of benzene rings is 1. The second-order valence-corrected chi connectivity index (χ2v) is 6.65. The van der Waals surface area contributed by atoms with Crippen LogP contribution in [0.25, 0.3) is 0 Å². The van der Waals surface area contributed by atoms with Crippen molar-refractivity contribution in [3.8, 4) is 0 Å². The monoisotopic (exact) mass is 342 g/mol. The molecule has 2 atom stereocenters. The van der Waals surface area contributed by atoms with Gasteiger partial charge in [-0.15, -0.1) is 0 Å². The van der Waals surface area contributed by atoms with Gasteiger partial charge in [0, 0.05) is 39.0 Å². The van der Waals surface area contributed by atoms with Gasteiger partial charge < -0.3 is 9.42 Å². The zero-order chi connectivity index (χ0) is 17.8. The number of aryl methyl sites for hydroxylation is 1. The molecule has 3 rings (SSSR count). The molecule has 6 heteroatoms. The van der Waals surface area contributed by atoms with Crippen LogP contribution in [0.2, 0.25) is 0 Å². The van der Waals surface area contributed by atoms with E-state index in [0.29, 0.717) is 24.3 Å². The van der Waals surface area contributed by atoms with Crippen LogP contribution in [0.5, 0.6) is 0 Å². The van der Waals surface area contributed by atoms with Gasteiger partial charge in [0.25, 0.3) is 0 Å². The van der Waals surface area contributed by atoms with Crippen LogP contribution < -0.4 is 0 Å². The molecule has 0 aliphatic carbocycles. The molecule has 6 nitrogen and oxygen atoms in total. The zero-order valence-electron chi connectivity index (χ0n) is 15.2. The largest absolute Gasteiger partial charge is 0.340 e. The predicted molar refractivity (Wildman–Crippen MR) is 94.7 cm³/mol. The molecule has 1 saturated heterocycles. The van der Waals surface area contributed by atoms with Gasteiger partial charge in [0.05, 0.1) is 6.54 Å². The third-order valence-electron chi connectivity index (χ3n) is 4.93. The van der Waals surface area contributed by atoms with Gasteiger partial charge in [0.2, 0.25) is 11.8 Å². The molecule has 25 heavy (non-hydrogen) atoms. The summed E-state index contributed by atoms with van der Waals surface area (Å²) in [4.78, 5) is 20.8. The van der Waals surface area contributed by atoms with E-state index in [4.69, 9.17) is 4.52 Å². The summed E-state index contributed by atoms with van der Waals surface area (Å²) in [5.41, 5.74) is 1.34. The van der Waals surface area contributed by atoms with E-state index in [9.17, 15) is 4.79 Å². The summed E-state index contributed by atoms with van der Waals surface area (Å²) < 4.78 is 5.03. The van der Waals surface area contributed by atoms with Crippen molar-refractivity contribution in [1.82, 2.24) is 19.9 Å². The Hall–Kier alpha value is -2.21. The molecule has 1 fully saturated rings. The lowest BCUT2D eigenvalue weighted by atomic mass is 10.0. The molecule has 0 spiro atoms. The summed E-state index contributed by atoms with van der Waals surface area (Å²) >= 11 is 0. The Bertz CT molecular complexity index is 700. The highest BCUT2D eigenvalue weighted by Crippen LogP contribution is 2.29. The van der Waals surface area contributed by atoms with Crippen molar-refractivity contribution in [3.05, 3.63) is 47.6 Å². The van der Waals surface area contributed by atoms with Crippen LogP contribution in [0.1, 0.15) is 50.0 Å². The van der Waals surface area contributed by atoms with E-state index in [0.717, 1.165) is 25.9 Å². The Kier molecular flexibility index (Phi) is 5.48. The maximum Gasteiger partial charge on any atom is 0.223 e. The minimum absolute atomic E-state index is 0.0575. The van der Waals surface area contributed by atoms with E-state index in [-0.39, 0.29) is 11.9 Å². The molecule has 0 N–H and O–H groups in total. The third kappa shape index (κ3) is 4.07. The standard InChI is InChI=1S/C19H26N4O2/c1-4-18(16-8-6-5-7-9-16)22-11-10-17(12-22)23(15(3)24)13-19-20-14(2)25-21-19/h5-9,17-18H,4,10-13H2,1-3H3/t17-,18-/m0/s1. The highest BCUT2D eigenvalue weighted by molar-refractivity contribution is 5.73. The number of nitrogens with zero attached hydrogens (tertiary/aromatic N) is 4. The Morgan fingerprint density at radius 3 is 2.76 bits per heavy atom. The van der Waals surface area contributed by atoms with Crippen LogP contribution in [0.15, 0.2) is 34.9 Å². The van der Waals surface area contributed by atoms with Gasteiger partial charge in [0.1, 0.15) is 0 Å². The van der Waals surface area contributed by atoms with Gasteiger partial charge in [-0.1, -0.05) is 42.4 Å². The van der Waals surface area contributed by atoms with Crippen LogP contribution >= 0.6 is 0 Å². The molecule has 134 valence electrons. The molecule has 2 aromatic rings. The van der Waals surface area contributed by atoms with Crippen molar-refractivity contribution >= 4 is 5.91 Å². The number of rotatable bonds is 6. The lowest BCUT2D eigenvalue weighted by Gasteiger charge is -2.30. The fourth-order valence-corrected chi connectivity index (χ4v) is 3.74. The molecule has 1 aromatic heterocycles. The van der Waals surface area contributed by atoms with Crippen molar-refractivity contribution in [2.75, 3.05) is 13.1 Å². The number of aromatic nitrogens is 2. The van der Waals surface area contributed by atoms with Crippen molar-refractivity contribution in [3.63, 3.8) is 0 Å². The highest BCUT2D eigenvalue weighted by atomic mass is 16.5. The number of hydrogen-bond donors (Lipinski definition) is 0. The maximum absolute atomic E-state index is 12.2. The first kappa shape index (κ1) is 17.6. The summed E-state index contributed by atoms with van der Waals surface area (Å²) in [6.45, 7) is 7.88. The molecule has 0 radical (unpaired) electrons. The number of hydrogen-bond acceptors (Lipinski definition) is 5. The highest BCUT2D eigenvalue weighted by Gasteiger charge is 2.33. The van der Waals surface area contributed by atoms with E-state index in [1.54, 1.807) is 13.8 Å². The number of amides is 1. The van der Waals surface area contributed by atoms with E-state index in [1.165, 1.54) is 5.56 Å². The minimum atomic E-state index is 0.0575. The molecule has 0 unspecified atom stereocenters. The lowest BCUT2D eigenvalue weighted by Crippen LogP contribution is -2.41. The summed E-state index contributed by atoms with van der Waals surface area (Å²) in [5, 5.41) is 3.93. The first-order valence-corrected chi connectivity index (χ1v) is 8.94. The lowest BCUT2D eigenvalue weighted by molar-refractivity contribution is -0.131. The Morgan fingerprint density at radius 2 is 2.16 bits per heavy atom. The number of carbonyl (C=O) groups excluding carboxylic acids is 1. The first-order chi connectivity index (χ1) is 12.1. The van der Waals surface area contributed by atoms with E-state index in [1.807, 2.05) is 11.0 Å². The number of likely N-dealkylation sites (tertiary alicyclic amines) is 1. The fourth-order valence-electron chi connectivity index (χ4n) is 3.74. The van der Waals surface area contributed by atoms with E-state index in [2.05, 4.69) is 46.2 Å². The molecule has 0 bridgehead atoms. The number of carbonyl (C=O) groups is 1. The summed E-state index contributed by atoms with van der Waals surface area (Å²) in [5.74, 6) is 1.16. The molecule has 1 aromatic carbocycles. The molecular formula is C19H26N4O2. The molecular weight excluding hydrogens is 316 g/mol. The summed E-state index contributed by atoms with van der Waals surface area (Å²) in [6.07, 6.45) is 2.03. The summed E-state index contributed by atoms with van der Waals surface area (Å²) in [7, 11) is 0. The molecule has 0 saturated carbocycles.